The zero-order valence-electron chi connectivity index (χ0n) is 10.4. The first kappa shape index (κ1) is 12.7. The molecule has 0 aliphatic carbocycles. The van der Waals surface area contributed by atoms with E-state index < -0.39 is 0 Å². The molecule has 1 unspecified atom stereocenters. The lowest BCUT2D eigenvalue weighted by atomic mass is 10.2. The summed E-state index contributed by atoms with van der Waals surface area (Å²) >= 11 is 5.90. The molecule has 1 aromatic rings. The van der Waals surface area contributed by atoms with Crippen molar-refractivity contribution in [1.29, 1.82) is 0 Å². The molecule has 1 aromatic carbocycles. The molecular formula is C13H19ClN2O. The van der Waals surface area contributed by atoms with Crippen LogP contribution in [0, 0.1) is 0 Å². The highest BCUT2D eigenvalue weighted by atomic mass is 35.5. The number of nitrogens with zero attached hydrogens (tertiary/aromatic N) is 2. The van der Waals surface area contributed by atoms with Crippen LogP contribution < -0.4 is 0 Å². The van der Waals surface area contributed by atoms with Gasteiger partial charge in [0.2, 0.25) is 0 Å². The minimum atomic E-state index is 0.225. The molecule has 0 aromatic heterocycles. The van der Waals surface area contributed by atoms with Gasteiger partial charge >= 0.3 is 0 Å². The van der Waals surface area contributed by atoms with E-state index in [2.05, 4.69) is 23.9 Å². The Balaban J connectivity index is 2.00. The van der Waals surface area contributed by atoms with Gasteiger partial charge in [-0.1, -0.05) is 23.7 Å². The molecule has 1 N–H and O–H groups in total. The summed E-state index contributed by atoms with van der Waals surface area (Å²) in [5, 5.41) is 10.3. The molecule has 94 valence electrons. The number of aromatic hydroxyl groups is 1. The first-order valence-corrected chi connectivity index (χ1v) is 6.31. The number of para-hydroxylation sites is 1. The summed E-state index contributed by atoms with van der Waals surface area (Å²) in [6.07, 6.45) is 1.19. The van der Waals surface area contributed by atoms with E-state index in [1.54, 1.807) is 6.07 Å². The van der Waals surface area contributed by atoms with Crippen LogP contribution in [0.1, 0.15) is 12.0 Å². The number of phenols is 1. The normalized spacial score (nSPS) is 21.3. The number of benzene rings is 1. The van der Waals surface area contributed by atoms with Crippen molar-refractivity contribution in [1.82, 2.24) is 9.80 Å². The van der Waals surface area contributed by atoms with Crippen LogP contribution in [0.3, 0.4) is 0 Å². The van der Waals surface area contributed by atoms with Gasteiger partial charge in [-0.3, -0.25) is 4.90 Å². The fourth-order valence-electron chi connectivity index (χ4n) is 2.31. The average molecular weight is 255 g/mol. The van der Waals surface area contributed by atoms with Crippen LogP contribution in [-0.4, -0.2) is 48.1 Å². The fourth-order valence-corrected chi connectivity index (χ4v) is 2.50. The number of likely N-dealkylation sites (N-methyl/N-ethyl adjacent to an activating group) is 1. The standard InChI is InChI=1S/C13H19ClN2O/c1-15(2)11-6-7-16(9-11)8-10-4-3-5-12(14)13(10)17/h3-5,11,17H,6-9H2,1-2H3. The van der Waals surface area contributed by atoms with Crippen molar-refractivity contribution in [3.05, 3.63) is 28.8 Å². The Labute approximate surface area is 108 Å². The smallest absolute Gasteiger partial charge is 0.138 e. The third-order valence-corrected chi connectivity index (χ3v) is 3.75. The number of likely N-dealkylation sites (tertiary alicyclic amines) is 1. The molecule has 4 heteroatoms. The summed E-state index contributed by atoms with van der Waals surface area (Å²) in [6, 6.07) is 6.16. The third-order valence-electron chi connectivity index (χ3n) is 3.44. The van der Waals surface area contributed by atoms with Crippen molar-refractivity contribution in [2.75, 3.05) is 27.2 Å². The van der Waals surface area contributed by atoms with Crippen LogP contribution in [0.4, 0.5) is 0 Å². The van der Waals surface area contributed by atoms with Gasteiger partial charge in [-0.25, -0.2) is 0 Å². The van der Waals surface area contributed by atoms with E-state index in [4.69, 9.17) is 11.6 Å². The van der Waals surface area contributed by atoms with E-state index in [1.165, 1.54) is 6.42 Å². The Kier molecular flexibility index (Phi) is 3.92. The highest BCUT2D eigenvalue weighted by Crippen LogP contribution is 2.28. The lowest BCUT2D eigenvalue weighted by Gasteiger charge is -2.20. The van der Waals surface area contributed by atoms with Gasteiger partial charge in [-0.2, -0.15) is 0 Å². The zero-order valence-corrected chi connectivity index (χ0v) is 11.1. The molecule has 1 atom stereocenters. The van der Waals surface area contributed by atoms with Crippen molar-refractivity contribution in [2.45, 2.75) is 19.0 Å². The van der Waals surface area contributed by atoms with Crippen molar-refractivity contribution in [3.8, 4) is 5.75 Å². The van der Waals surface area contributed by atoms with E-state index in [1.807, 2.05) is 12.1 Å². The molecule has 0 spiro atoms. The first-order chi connectivity index (χ1) is 8.08. The van der Waals surface area contributed by atoms with E-state index in [0.29, 0.717) is 11.1 Å². The maximum Gasteiger partial charge on any atom is 0.138 e. The highest BCUT2D eigenvalue weighted by Gasteiger charge is 2.24. The topological polar surface area (TPSA) is 26.7 Å². The Morgan fingerprint density at radius 1 is 1.47 bits per heavy atom. The minimum absolute atomic E-state index is 0.225. The number of hydrogen-bond donors (Lipinski definition) is 1. The lowest BCUT2D eigenvalue weighted by molar-refractivity contribution is 0.263. The lowest BCUT2D eigenvalue weighted by Crippen LogP contribution is -2.31. The molecule has 0 bridgehead atoms. The Bertz CT molecular complexity index is 395. The SMILES string of the molecule is CN(C)C1CCN(Cc2cccc(Cl)c2O)C1. The first-order valence-electron chi connectivity index (χ1n) is 5.93. The molecule has 3 nitrogen and oxygen atoms in total. The summed E-state index contributed by atoms with van der Waals surface area (Å²) < 4.78 is 0. The highest BCUT2D eigenvalue weighted by molar-refractivity contribution is 6.32. The van der Waals surface area contributed by atoms with Gasteiger partial charge < -0.3 is 10.0 Å². The molecule has 0 saturated carbocycles. The van der Waals surface area contributed by atoms with Crippen molar-refractivity contribution in [3.63, 3.8) is 0 Å². The van der Waals surface area contributed by atoms with E-state index >= 15 is 0 Å². The summed E-state index contributed by atoms with van der Waals surface area (Å²) in [7, 11) is 4.23. The van der Waals surface area contributed by atoms with Gasteiger partial charge in [-0.15, -0.1) is 0 Å². The number of phenolic OH excluding ortho intramolecular Hbond substituents is 1. The predicted octanol–water partition coefficient (Wildman–Crippen LogP) is 2.18. The van der Waals surface area contributed by atoms with Gasteiger partial charge in [0.15, 0.2) is 0 Å². The van der Waals surface area contributed by atoms with Crippen LogP contribution in [-0.2, 0) is 6.54 Å². The fraction of sp³-hybridized carbons (Fsp3) is 0.538. The van der Waals surface area contributed by atoms with Crippen LogP contribution in [0.25, 0.3) is 0 Å². The zero-order chi connectivity index (χ0) is 12.4. The monoisotopic (exact) mass is 254 g/mol. The second kappa shape index (κ2) is 5.25. The minimum Gasteiger partial charge on any atom is -0.506 e. The van der Waals surface area contributed by atoms with Crippen LogP contribution in [0.5, 0.6) is 5.75 Å². The molecule has 1 saturated heterocycles. The van der Waals surface area contributed by atoms with Crippen molar-refractivity contribution >= 4 is 11.6 Å². The molecule has 17 heavy (non-hydrogen) atoms. The summed E-state index contributed by atoms with van der Waals surface area (Å²) in [5.74, 6) is 0.225. The van der Waals surface area contributed by atoms with Crippen LogP contribution >= 0.6 is 11.6 Å². The molecule has 1 heterocycles. The van der Waals surface area contributed by atoms with Gasteiger partial charge in [0.05, 0.1) is 5.02 Å². The maximum atomic E-state index is 9.86. The van der Waals surface area contributed by atoms with Gasteiger partial charge in [0.1, 0.15) is 5.75 Å². The quantitative estimate of drug-likeness (QED) is 0.896. The summed E-state index contributed by atoms with van der Waals surface area (Å²) in [6.45, 7) is 2.91. The molecule has 1 aliphatic heterocycles. The Morgan fingerprint density at radius 2 is 2.24 bits per heavy atom. The second-order valence-corrected chi connectivity index (χ2v) is 5.30. The largest absolute Gasteiger partial charge is 0.506 e. The maximum absolute atomic E-state index is 9.86. The molecule has 1 aliphatic rings. The van der Waals surface area contributed by atoms with Gasteiger partial charge in [0, 0.05) is 31.2 Å². The number of hydrogen-bond acceptors (Lipinski definition) is 3. The van der Waals surface area contributed by atoms with Crippen molar-refractivity contribution < 1.29 is 5.11 Å². The van der Waals surface area contributed by atoms with E-state index in [0.717, 1.165) is 25.2 Å². The van der Waals surface area contributed by atoms with E-state index in [9.17, 15) is 5.11 Å². The molecule has 1 fully saturated rings. The molecular weight excluding hydrogens is 236 g/mol. The summed E-state index contributed by atoms with van der Waals surface area (Å²) in [5.41, 5.74) is 0.914. The van der Waals surface area contributed by atoms with Gasteiger partial charge in [0.25, 0.3) is 0 Å². The molecule has 2 rings (SSSR count). The predicted molar refractivity (Wildman–Crippen MR) is 70.5 cm³/mol. The third kappa shape index (κ3) is 2.92. The van der Waals surface area contributed by atoms with Crippen LogP contribution in [0.2, 0.25) is 5.02 Å². The number of halogens is 1. The number of rotatable bonds is 3. The second-order valence-electron chi connectivity index (χ2n) is 4.89. The van der Waals surface area contributed by atoms with E-state index in [-0.39, 0.29) is 5.75 Å². The molecule has 0 radical (unpaired) electrons. The van der Waals surface area contributed by atoms with Crippen LogP contribution in [0.15, 0.2) is 18.2 Å². The Morgan fingerprint density at radius 3 is 2.88 bits per heavy atom. The average Bonchev–Trinajstić information content (AvgIpc) is 2.73. The summed E-state index contributed by atoms with van der Waals surface area (Å²) in [4.78, 5) is 4.62. The van der Waals surface area contributed by atoms with Crippen molar-refractivity contribution in [2.24, 2.45) is 0 Å². The van der Waals surface area contributed by atoms with Gasteiger partial charge in [-0.05, 0) is 26.6 Å². The Hall–Kier alpha value is -0.770. The molecule has 0 amide bonds.